The van der Waals surface area contributed by atoms with E-state index in [0.29, 0.717) is 22.9 Å². The maximum Gasteiger partial charge on any atom is 0.238 e. The molecular formula is C15H23ClN4O. The van der Waals surface area contributed by atoms with E-state index in [0.717, 1.165) is 32.7 Å². The molecule has 0 unspecified atom stereocenters. The van der Waals surface area contributed by atoms with E-state index < -0.39 is 0 Å². The van der Waals surface area contributed by atoms with Crippen LogP contribution in [0.3, 0.4) is 0 Å². The molecule has 1 aromatic rings. The molecule has 5 nitrogen and oxygen atoms in total. The lowest BCUT2D eigenvalue weighted by Gasteiger charge is -2.34. The number of anilines is 2. The van der Waals surface area contributed by atoms with Gasteiger partial charge in [0.2, 0.25) is 5.91 Å². The molecule has 0 saturated carbocycles. The monoisotopic (exact) mass is 310 g/mol. The van der Waals surface area contributed by atoms with E-state index in [1.807, 2.05) is 0 Å². The van der Waals surface area contributed by atoms with Gasteiger partial charge in [-0.3, -0.25) is 9.69 Å². The molecule has 1 saturated heterocycles. The van der Waals surface area contributed by atoms with Gasteiger partial charge in [-0.25, -0.2) is 0 Å². The minimum absolute atomic E-state index is 0.0365. The quantitative estimate of drug-likeness (QED) is 0.815. The fourth-order valence-corrected chi connectivity index (χ4v) is 2.75. The number of carbonyl (C=O) groups is 1. The maximum absolute atomic E-state index is 12.1. The molecule has 1 amide bonds. The first-order valence-electron chi connectivity index (χ1n) is 7.38. The van der Waals surface area contributed by atoms with Crippen LogP contribution in [0.15, 0.2) is 18.2 Å². The van der Waals surface area contributed by atoms with E-state index in [2.05, 4.69) is 22.0 Å². The Morgan fingerprint density at radius 3 is 2.57 bits per heavy atom. The highest BCUT2D eigenvalue weighted by molar-refractivity contribution is 6.34. The third-order valence-electron chi connectivity index (χ3n) is 3.64. The Labute approximate surface area is 131 Å². The van der Waals surface area contributed by atoms with Gasteiger partial charge in [0.05, 0.1) is 17.3 Å². The van der Waals surface area contributed by atoms with Crippen molar-refractivity contribution >= 4 is 28.9 Å². The predicted molar refractivity (Wildman–Crippen MR) is 87.7 cm³/mol. The molecule has 1 fully saturated rings. The van der Waals surface area contributed by atoms with Crippen molar-refractivity contribution in [1.82, 2.24) is 9.80 Å². The van der Waals surface area contributed by atoms with Crippen molar-refractivity contribution < 1.29 is 4.79 Å². The molecule has 116 valence electrons. The van der Waals surface area contributed by atoms with Crippen LogP contribution in [0.5, 0.6) is 0 Å². The van der Waals surface area contributed by atoms with E-state index >= 15 is 0 Å². The van der Waals surface area contributed by atoms with Gasteiger partial charge >= 0.3 is 0 Å². The number of nitrogen functional groups attached to an aromatic ring is 1. The molecule has 2 rings (SSSR count). The zero-order valence-electron chi connectivity index (χ0n) is 12.4. The first kappa shape index (κ1) is 16.1. The van der Waals surface area contributed by atoms with Gasteiger partial charge in [-0.15, -0.1) is 0 Å². The van der Waals surface area contributed by atoms with Crippen LogP contribution in [0.2, 0.25) is 5.02 Å². The third-order valence-corrected chi connectivity index (χ3v) is 3.95. The van der Waals surface area contributed by atoms with Crippen LogP contribution in [-0.2, 0) is 4.79 Å². The number of nitrogens with one attached hydrogen (secondary N) is 1. The summed E-state index contributed by atoms with van der Waals surface area (Å²) in [4.78, 5) is 16.7. The number of nitrogens with zero attached hydrogens (tertiary/aromatic N) is 2. The number of nitrogens with two attached hydrogens (primary N) is 1. The average molecular weight is 311 g/mol. The van der Waals surface area contributed by atoms with Crippen molar-refractivity contribution in [1.29, 1.82) is 0 Å². The number of hydrogen-bond acceptors (Lipinski definition) is 4. The Morgan fingerprint density at radius 2 is 1.95 bits per heavy atom. The van der Waals surface area contributed by atoms with E-state index in [1.54, 1.807) is 18.2 Å². The number of piperazine rings is 1. The van der Waals surface area contributed by atoms with Crippen LogP contribution in [0.4, 0.5) is 11.4 Å². The fraction of sp³-hybridized carbons (Fsp3) is 0.533. The van der Waals surface area contributed by atoms with Crippen LogP contribution in [0.25, 0.3) is 0 Å². The van der Waals surface area contributed by atoms with Crippen molar-refractivity contribution in [3.63, 3.8) is 0 Å². The van der Waals surface area contributed by atoms with Crippen molar-refractivity contribution in [2.75, 3.05) is 50.3 Å². The largest absolute Gasteiger partial charge is 0.399 e. The Kier molecular flexibility index (Phi) is 5.85. The molecule has 0 atom stereocenters. The molecular weight excluding hydrogens is 288 g/mol. The number of rotatable bonds is 5. The summed E-state index contributed by atoms with van der Waals surface area (Å²) in [5.41, 5.74) is 6.83. The Hall–Kier alpha value is -1.30. The number of hydrogen-bond donors (Lipinski definition) is 2. The topological polar surface area (TPSA) is 61.6 Å². The summed E-state index contributed by atoms with van der Waals surface area (Å²) in [5.74, 6) is -0.0365. The number of benzene rings is 1. The van der Waals surface area contributed by atoms with Crippen molar-refractivity contribution in [2.24, 2.45) is 0 Å². The van der Waals surface area contributed by atoms with Gasteiger partial charge in [-0.05, 0) is 31.2 Å². The second-order valence-corrected chi connectivity index (χ2v) is 5.81. The molecule has 0 spiro atoms. The molecule has 0 radical (unpaired) electrons. The summed E-state index contributed by atoms with van der Waals surface area (Å²) < 4.78 is 0. The molecule has 0 aliphatic carbocycles. The minimum Gasteiger partial charge on any atom is -0.399 e. The Morgan fingerprint density at radius 1 is 1.29 bits per heavy atom. The van der Waals surface area contributed by atoms with E-state index in [1.165, 1.54) is 6.42 Å². The van der Waals surface area contributed by atoms with Gasteiger partial charge in [0, 0.05) is 31.9 Å². The number of carbonyl (C=O) groups excluding carboxylic acids is 1. The van der Waals surface area contributed by atoms with Crippen LogP contribution < -0.4 is 11.1 Å². The molecule has 1 aliphatic heterocycles. The van der Waals surface area contributed by atoms with Gasteiger partial charge in [0.25, 0.3) is 0 Å². The summed E-state index contributed by atoms with van der Waals surface area (Å²) >= 11 is 6.06. The molecule has 0 bridgehead atoms. The highest BCUT2D eigenvalue weighted by Gasteiger charge is 2.18. The number of amides is 1. The summed E-state index contributed by atoms with van der Waals surface area (Å²) in [5, 5.41) is 3.31. The minimum atomic E-state index is -0.0365. The first-order valence-corrected chi connectivity index (χ1v) is 7.76. The van der Waals surface area contributed by atoms with Gasteiger partial charge in [0.15, 0.2) is 0 Å². The van der Waals surface area contributed by atoms with Crippen LogP contribution in [0, 0.1) is 0 Å². The van der Waals surface area contributed by atoms with Gasteiger partial charge in [0.1, 0.15) is 0 Å². The summed E-state index contributed by atoms with van der Waals surface area (Å²) in [6, 6.07) is 5.10. The van der Waals surface area contributed by atoms with Gasteiger partial charge in [-0.1, -0.05) is 18.5 Å². The van der Waals surface area contributed by atoms with Gasteiger partial charge in [-0.2, -0.15) is 0 Å². The lowest BCUT2D eigenvalue weighted by atomic mass is 10.2. The van der Waals surface area contributed by atoms with E-state index in [-0.39, 0.29) is 5.91 Å². The molecule has 0 aromatic heterocycles. The van der Waals surface area contributed by atoms with Crippen molar-refractivity contribution in [3.8, 4) is 0 Å². The Bertz CT molecular complexity index is 487. The second kappa shape index (κ2) is 7.64. The van der Waals surface area contributed by atoms with Crippen LogP contribution in [-0.4, -0.2) is 55.0 Å². The highest BCUT2D eigenvalue weighted by atomic mass is 35.5. The molecule has 21 heavy (non-hydrogen) atoms. The third kappa shape index (κ3) is 4.88. The SMILES string of the molecule is CCCN1CCN(CC(=O)Nc2ccc(N)cc2Cl)CC1. The zero-order valence-corrected chi connectivity index (χ0v) is 13.2. The van der Waals surface area contributed by atoms with E-state index in [4.69, 9.17) is 17.3 Å². The lowest BCUT2D eigenvalue weighted by Crippen LogP contribution is -2.48. The smallest absolute Gasteiger partial charge is 0.238 e. The molecule has 3 N–H and O–H groups in total. The second-order valence-electron chi connectivity index (χ2n) is 5.41. The molecule has 6 heteroatoms. The summed E-state index contributed by atoms with van der Waals surface area (Å²) in [6.07, 6.45) is 1.18. The molecule has 1 aliphatic rings. The molecule has 1 heterocycles. The van der Waals surface area contributed by atoms with Crippen LogP contribution >= 0.6 is 11.6 Å². The van der Waals surface area contributed by atoms with Crippen molar-refractivity contribution in [2.45, 2.75) is 13.3 Å². The Balaban J connectivity index is 1.80. The highest BCUT2D eigenvalue weighted by Crippen LogP contribution is 2.23. The van der Waals surface area contributed by atoms with Crippen LogP contribution in [0.1, 0.15) is 13.3 Å². The molecule has 1 aromatic carbocycles. The first-order chi connectivity index (χ1) is 10.1. The maximum atomic E-state index is 12.1. The van der Waals surface area contributed by atoms with Crippen molar-refractivity contribution in [3.05, 3.63) is 23.2 Å². The van der Waals surface area contributed by atoms with E-state index in [9.17, 15) is 4.79 Å². The predicted octanol–water partition coefficient (Wildman–Crippen LogP) is 1.89. The van der Waals surface area contributed by atoms with Gasteiger partial charge < -0.3 is 16.0 Å². The summed E-state index contributed by atoms with van der Waals surface area (Å²) in [6.45, 7) is 7.66. The fourth-order valence-electron chi connectivity index (χ4n) is 2.51. The summed E-state index contributed by atoms with van der Waals surface area (Å²) in [7, 11) is 0. The number of halogens is 1. The normalized spacial score (nSPS) is 16.9. The standard InChI is InChI=1S/C15H23ClN4O/c1-2-5-19-6-8-20(9-7-19)11-15(21)18-14-4-3-12(17)10-13(14)16/h3-4,10H,2,5-9,11,17H2,1H3,(H,18,21). The zero-order chi connectivity index (χ0) is 15.2. The lowest BCUT2D eigenvalue weighted by molar-refractivity contribution is -0.117. The average Bonchev–Trinajstić information content (AvgIpc) is 2.44.